The van der Waals surface area contributed by atoms with Gasteiger partial charge in [-0.05, 0) is 24.3 Å². The van der Waals surface area contributed by atoms with Crippen LogP contribution in [0.4, 0.5) is 11.4 Å². The lowest BCUT2D eigenvalue weighted by Gasteiger charge is -2.06. The maximum absolute atomic E-state index is 12.1. The third-order valence-corrected chi connectivity index (χ3v) is 4.95. The van der Waals surface area contributed by atoms with Crippen LogP contribution in [0.15, 0.2) is 47.8 Å². The van der Waals surface area contributed by atoms with Crippen molar-refractivity contribution >= 4 is 57.8 Å². The van der Waals surface area contributed by atoms with Crippen molar-refractivity contribution in [2.45, 2.75) is 0 Å². The lowest BCUT2D eigenvalue weighted by molar-refractivity contribution is -0.383. The van der Waals surface area contributed by atoms with Gasteiger partial charge in [-0.2, -0.15) is 0 Å². The molecule has 0 saturated heterocycles. The van der Waals surface area contributed by atoms with Crippen LogP contribution in [-0.2, 0) is 9.53 Å². The van der Waals surface area contributed by atoms with Crippen LogP contribution in [0.2, 0.25) is 10.0 Å². The van der Waals surface area contributed by atoms with Crippen molar-refractivity contribution < 1.29 is 19.2 Å². The van der Waals surface area contributed by atoms with E-state index in [0.29, 0.717) is 10.0 Å². The minimum absolute atomic E-state index is 0.0465. The number of hydrogen-bond acceptors (Lipinski definition) is 7. The van der Waals surface area contributed by atoms with Gasteiger partial charge in [-0.1, -0.05) is 35.3 Å². The fourth-order valence-corrected chi connectivity index (χ4v) is 3.33. The Bertz CT molecular complexity index is 1090. The average molecular weight is 452 g/mol. The second-order valence-corrected chi connectivity index (χ2v) is 7.32. The van der Waals surface area contributed by atoms with E-state index in [9.17, 15) is 19.7 Å². The summed E-state index contributed by atoms with van der Waals surface area (Å²) in [7, 11) is 0. The van der Waals surface area contributed by atoms with Crippen LogP contribution in [0, 0.1) is 10.1 Å². The molecule has 0 aliphatic rings. The van der Waals surface area contributed by atoms with E-state index in [-0.39, 0.29) is 22.1 Å². The Labute approximate surface area is 178 Å². The molecule has 3 rings (SSSR count). The molecular formula is C18H11Cl2N3O5S. The summed E-state index contributed by atoms with van der Waals surface area (Å²) in [5, 5.41) is 16.2. The topological polar surface area (TPSA) is 111 Å². The molecule has 0 saturated carbocycles. The third kappa shape index (κ3) is 5.29. The molecule has 29 heavy (non-hydrogen) atoms. The Morgan fingerprint density at radius 3 is 2.52 bits per heavy atom. The summed E-state index contributed by atoms with van der Waals surface area (Å²) in [6, 6.07) is 10.7. The van der Waals surface area contributed by atoms with Gasteiger partial charge < -0.3 is 10.1 Å². The summed E-state index contributed by atoms with van der Waals surface area (Å²) in [6.07, 6.45) is 0. The van der Waals surface area contributed by atoms with E-state index >= 15 is 0 Å². The lowest BCUT2D eigenvalue weighted by atomic mass is 10.2. The van der Waals surface area contributed by atoms with Gasteiger partial charge in [0.2, 0.25) is 0 Å². The number of nitro groups is 1. The predicted octanol–water partition coefficient (Wildman–Crippen LogP) is 4.82. The molecule has 148 valence electrons. The number of nitrogens with zero attached hydrogens (tertiary/aromatic N) is 2. The van der Waals surface area contributed by atoms with E-state index in [2.05, 4.69) is 10.3 Å². The van der Waals surface area contributed by atoms with Crippen LogP contribution in [0.1, 0.15) is 10.5 Å². The number of aromatic nitrogens is 1. The molecule has 0 aliphatic heterocycles. The molecular weight excluding hydrogens is 441 g/mol. The zero-order chi connectivity index (χ0) is 21.0. The number of benzene rings is 2. The van der Waals surface area contributed by atoms with Crippen molar-refractivity contribution in [3.8, 4) is 10.6 Å². The van der Waals surface area contributed by atoms with Crippen molar-refractivity contribution in [1.82, 2.24) is 4.98 Å². The summed E-state index contributed by atoms with van der Waals surface area (Å²) < 4.78 is 4.93. The molecule has 8 nitrogen and oxygen atoms in total. The number of amides is 1. The summed E-state index contributed by atoms with van der Waals surface area (Å²) >= 11 is 12.8. The van der Waals surface area contributed by atoms with E-state index in [1.165, 1.54) is 28.8 Å². The minimum atomic E-state index is -0.790. The van der Waals surface area contributed by atoms with Crippen molar-refractivity contribution in [3.63, 3.8) is 0 Å². The van der Waals surface area contributed by atoms with Crippen LogP contribution in [0.5, 0.6) is 0 Å². The molecule has 11 heteroatoms. The maximum Gasteiger partial charge on any atom is 0.358 e. The van der Waals surface area contributed by atoms with Gasteiger partial charge in [0.25, 0.3) is 11.6 Å². The Morgan fingerprint density at radius 2 is 1.83 bits per heavy atom. The standard InChI is InChI=1S/C18H11Cl2N3O5S/c19-11-3-1-10(2-4-11)17-22-14(9-29-17)18(25)28-8-16(24)21-13-6-5-12(20)7-15(13)23(26)27/h1-7,9H,8H2,(H,21,24). The number of ether oxygens (including phenoxy) is 1. The molecule has 2 aromatic carbocycles. The van der Waals surface area contributed by atoms with Crippen molar-refractivity contribution in [2.75, 3.05) is 11.9 Å². The Kier molecular flexibility index (Phi) is 6.42. The number of anilines is 1. The van der Waals surface area contributed by atoms with Crippen LogP contribution in [-0.4, -0.2) is 28.4 Å². The smallest absolute Gasteiger partial charge is 0.358 e. The Hall–Kier alpha value is -3.01. The molecule has 0 bridgehead atoms. The second kappa shape index (κ2) is 8.99. The van der Waals surface area contributed by atoms with Gasteiger partial charge in [-0.3, -0.25) is 14.9 Å². The summed E-state index contributed by atoms with van der Waals surface area (Å²) in [4.78, 5) is 38.7. The van der Waals surface area contributed by atoms with Crippen molar-refractivity contribution in [1.29, 1.82) is 0 Å². The van der Waals surface area contributed by atoms with Gasteiger partial charge in [0, 0.05) is 27.1 Å². The van der Waals surface area contributed by atoms with E-state index < -0.39 is 23.4 Å². The summed E-state index contributed by atoms with van der Waals surface area (Å²) in [6.45, 7) is -0.633. The largest absolute Gasteiger partial charge is 0.451 e. The zero-order valence-corrected chi connectivity index (χ0v) is 16.8. The fraction of sp³-hybridized carbons (Fsp3) is 0.0556. The third-order valence-electron chi connectivity index (χ3n) is 3.57. The normalized spacial score (nSPS) is 10.4. The number of esters is 1. The first-order valence-electron chi connectivity index (χ1n) is 7.96. The van der Waals surface area contributed by atoms with E-state index in [1.807, 2.05) is 0 Å². The molecule has 0 unspecified atom stereocenters. The van der Waals surface area contributed by atoms with Gasteiger partial charge in [0.15, 0.2) is 12.3 Å². The van der Waals surface area contributed by atoms with Gasteiger partial charge >= 0.3 is 5.97 Å². The molecule has 3 aromatic rings. The van der Waals surface area contributed by atoms with Gasteiger partial charge in [0.1, 0.15) is 10.7 Å². The van der Waals surface area contributed by atoms with E-state index in [1.54, 1.807) is 24.3 Å². The van der Waals surface area contributed by atoms with Crippen LogP contribution < -0.4 is 5.32 Å². The van der Waals surface area contributed by atoms with E-state index in [0.717, 1.165) is 11.6 Å². The van der Waals surface area contributed by atoms with Crippen LogP contribution in [0.3, 0.4) is 0 Å². The van der Waals surface area contributed by atoms with Gasteiger partial charge in [-0.25, -0.2) is 9.78 Å². The highest BCUT2D eigenvalue weighted by Crippen LogP contribution is 2.28. The van der Waals surface area contributed by atoms with Crippen LogP contribution in [0.25, 0.3) is 10.6 Å². The average Bonchev–Trinajstić information content (AvgIpc) is 3.18. The van der Waals surface area contributed by atoms with Crippen molar-refractivity contribution in [2.24, 2.45) is 0 Å². The molecule has 0 radical (unpaired) electrons. The first-order valence-corrected chi connectivity index (χ1v) is 9.59. The SMILES string of the molecule is O=C(COC(=O)c1csc(-c2ccc(Cl)cc2)n1)Nc1ccc(Cl)cc1[N+](=O)[O-]. The Morgan fingerprint density at radius 1 is 1.14 bits per heavy atom. The summed E-state index contributed by atoms with van der Waals surface area (Å²) in [5.74, 6) is -1.53. The quantitative estimate of drug-likeness (QED) is 0.326. The number of carbonyl (C=O) groups excluding carboxylic acids is 2. The van der Waals surface area contributed by atoms with Crippen LogP contribution >= 0.6 is 34.5 Å². The molecule has 1 aromatic heterocycles. The summed E-state index contributed by atoms with van der Waals surface area (Å²) in [5.41, 5.74) is 0.403. The second-order valence-electron chi connectivity index (χ2n) is 5.59. The number of nitrogens with one attached hydrogen (secondary N) is 1. The highest BCUT2D eigenvalue weighted by Gasteiger charge is 2.19. The highest BCUT2D eigenvalue weighted by molar-refractivity contribution is 7.13. The zero-order valence-electron chi connectivity index (χ0n) is 14.4. The first kappa shape index (κ1) is 20.7. The van der Waals surface area contributed by atoms with Gasteiger partial charge in [0.05, 0.1) is 4.92 Å². The van der Waals surface area contributed by atoms with Gasteiger partial charge in [-0.15, -0.1) is 11.3 Å². The lowest BCUT2D eigenvalue weighted by Crippen LogP contribution is -2.21. The number of thiazole rings is 1. The minimum Gasteiger partial charge on any atom is -0.451 e. The Balaban J connectivity index is 1.60. The molecule has 0 aliphatic carbocycles. The first-order chi connectivity index (χ1) is 13.8. The van der Waals surface area contributed by atoms with Crippen molar-refractivity contribution in [3.05, 3.63) is 73.7 Å². The highest BCUT2D eigenvalue weighted by atomic mass is 35.5. The fourth-order valence-electron chi connectivity index (χ4n) is 2.25. The number of carbonyl (C=O) groups is 2. The molecule has 1 amide bonds. The van der Waals surface area contributed by atoms with E-state index in [4.69, 9.17) is 27.9 Å². The monoisotopic (exact) mass is 451 g/mol. The molecule has 0 spiro atoms. The number of rotatable bonds is 6. The number of nitro benzene ring substituents is 1. The maximum atomic E-state index is 12.1. The molecule has 1 heterocycles. The number of hydrogen-bond donors (Lipinski definition) is 1. The molecule has 1 N–H and O–H groups in total. The predicted molar refractivity (Wildman–Crippen MR) is 110 cm³/mol. The molecule has 0 atom stereocenters. The molecule has 0 fully saturated rings. The number of halogens is 2.